The highest BCUT2D eigenvalue weighted by Crippen LogP contribution is 2.62. The maximum absolute atomic E-state index is 12.2. The Morgan fingerprint density at radius 2 is 2.08 bits per heavy atom. The molecule has 1 saturated carbocycles. The van der Waals surface area contributed by atoms with E-state index in [-0.39, 0.29) is 17.3 Å². The number of nitrogens with one attached hydrogen (secondary N) is 2. The summed E-state index contributed by atoms with van der Waals surface area (Å²) in [7, 11) is 1.52. The van der Waals surface area contributed by atoms with Crippen LogP contribution >= 0.6 is 0 Å². The monoisotopic (exact) mass is 344 g/mol. The van der Waals surface area contributed by atoms with Crippen LogP contribution in [-0.4, -0.2) is 32.7 Å². The standard InChI is InChI=1S/C21H32N2O2/c1-15-6-4-5-7-19(15)23-14-16(2)21(13-18(21)20(24)25-3)12-17-8-10-22-11-9-17/h4-7,16-18,22-23H,8-14H2,1-3H3/t16-,18+,21?/m1/s1. The fourth-order valence-electron chi connectivity index (χ4n) is 4.61. The lowest BCUT2D eigenvalue weighted by Gasteiger charge is -2.32. The highest BCUT2D eigenvalue weighted by Gasteiger charge is 2.61. The zero-order valence-corrected chi connectivity index (χ0v) is 15.8. The van der Waals surface area contributed by atoms with E-state index in [0.29, 0.717) is 5.92 Å². The lowest BCUT2D eigenvalue weighted by Crippen LogP contribution is -2.33. The summed E-state index contributed by atoms with van der Waals surface area (Å²) in [6, 6.07) is 8.40. The SMILES string of the molecule is COC(=O)[C@@H]1CC1(CC1CCNCC1)[C@H](C)CNc1ccccc1C. The van der Waals surface area contributed by atoms with Crippen molar-refractivity contribution in [2.24, 2.45) is 23.2 Å². The van der Waals surface area contributed by atoms with E-state index in [1.807, 2.05) is 0 Å². The number of esters is 1. The van der Waals surface area contributed by atoms with Crippen LogP contribution in [0.3, 0.4) is 0 Å². The number of benzene rings is 1. The summed E-state index contributed by atoms with van der Waals surface area (Å²) in [5.74, 6) is 1.25. The molecular weight excluding hydrogens is 312 g/mol. The molecule has 1 saturated heterocycles. The van der Waals surface area contributed by atoms with Crippen molar-refractivity contribution in [3.8, 4) is 0 Å². The number of carbonyl (C=O) groups is 1. The molecule has 2 N–H and O–H groups in total. The Kier molecular flexibility index (Phi) is 5.67. The molecule has 1 aliphatic heterocycles. The fraction of sp³-hybridized carbons (Fsp3) is 0.667. The minimum absolute atomic E-state index is 0.0170. The van der Waals surface area contributed by atoms with Crippen LogP contribution in [0.15, 0.2) is 24.3 Å². The number of hydrogen-bond donors (Lipinski definition) is 2. The third kappa shape index (κ3) is 4.00. The van der Waals surface area contributed by atoms with Gasteiger partial charge in [-0.05, 0) is 74.6 Å². The highest BCUT2D eigenvalue weighted by atomic mass is 16.5. The van der Waals surface area contributed by atoms with Crippen LogP contribution in [0.1, 0.15) is 38.2 Å². The Morgan fingerprint density at radius 3 is 2.76 bits per heavy atom. The Hall–Kier alpha value is -1.55. The van der Waals surface area contributed by atoms with Crippen LogP contribution in [0.5, 0.6) is 0 Å². The maximum atomic E-state index is 12.2. The number of ether oxygens (including phenoxy) is 1. The van der Waals surface area contributed by atoms with Gasteiger partial charge in [-0.25, -0.2) is 0 Å². The average molecular weight is 344 g/mol. The van der Waals surface area contributed by atoms with Gasteiger partial charge in [-0.3, -0.25) is 4.79 Å². The van der Waals surface area contributed by atoms with E-state index in [2.05, 4.69) is 48.7 Å². The van der Waals surface area contributed by atoms with Crippen molar-refractivity contribution >= 4 is 11.7 Å². The number of carbonyl (C=O) groups excluding carboxylic acids is 1. The molecule has 138 valence electrons. The van der Waals surface area contributed by atoms with Crippen LogP contribution in [0.25, 0.3) is 0 Å². The average Bonchev–Trinajstić information content (AvgIpc) is 3.36. The van der Waals surface area contributed by atoms with Gasteiger partial charge in [0.15, 0.2) is 0 Å². The Labute approximate surface area is 151 Å². The molecule has 1 aromatic carbocycles. The molecule has 0 bridgehead atoms. The number of piperidine rings is 1. The minimum Gasteiger partial charge on any atom is -0.469 e. The molecule has 2 fully saturated rings. The van der Waals surface area contributed by atoms with Gasteiger partial charge in [0.1, 0.15) is 0 Å². The quantitative estimate of drug-likeness (QED) is 0.742. The first-order valence-electron chi connectivity index (χ1n) is 9.65. The molecule has 0 radical (unpaired) electrons. The molecule has 4 heteroatoms. The second-order valence-electron chi connectivity index (χ2n) is 8.01. The van der Waals surface area contributed by atoms with Gasteiger partial charge in [0, 0.05) is 12.2 Å². The molecule has 4 nitrogen and oxygen atoms in total. The largest absolute Gasteiger partial charge is 0.469 e. The minimum atomic E-state index is -0.0170. The Bertz CT molecular complexity index is 597. The first kappa shape index (κ1) is 18.2. The van der Waals surface area contributed by atoms with E-state index in [0.717, 1.165) is 38.4 Å². The second kappa shape index (κ2) is 7.77. The number of methoxy groups -OCH3 is 1. The predicted molar refractivity (Wildman–Crippen MR) is 102 cm³/mol. The third-order valence-electron chi connectivity index (χ3n) is 6.46. The zero-order chi connectivity index (χ0) is 17.9. The fourth-order valence-corrected chi connectivity index (χ4v) is 4.61. The van der Waals surface area contributed by atoms with Gasteiger partial charge in [0.05, 0.1) is 13.0 Å². The van der Waals surface area contributed by atoms with Gasteiger partial charge in [-0.2, -0.15) is 0 Å². The van der Waals surface area contributed by atoms with Crippen LogP contribution in [0.4, 0.5) is 5.69 Å². The zero-order valence-electron chi connectivity index (χ0n) is 15.8. The van der Waals surface area contributed by atoms with Gasteiger partial charge in [-0.15, -0.1) is 0 Å². The summed E-state index contributed by atoms with van der Waals surface area (Å²) in [6.45, 7) is 7.56. The number of rotatable bonds is 7. The van der Waals surface area contributed by atoms with E-state index in [1.54, 1.807) is 0 Å². The van der Waals surface area contributed by atoms with Crippen LogP contribution in [0, 0.1) is 30.1 Å². The van der Waals surface area contributed by atoms with Crippen molar-refractivity contribution in [2.75, 3.05) is 32.1 Å². The molecule has 0 amide bonds. The number of hydrogen-bond acceptors (Lipinski definition) is 4. The van der Waals surface area contributed by atoms with Crippen molar-refractivity contribution < 1.29 is 9.53 Å². The van der Waals surface area contributed by atoms with Crippen molar-refractivity contribution in [1.29, 1.82) is 0 Å². The second-order valence-corrected chi connectivity index (χ2v) is 8.01. The molecule has 0 aromatic heterocycles. The third-order valence-corrected chi connectivity index (χ3v) is 6.46. The molecule has 1 aliphatic carbocycles. The summed E-state index contributed by atoms with van der Waals surface area (Å²) < 4.78 is 5.08. The van der Waals surface area contributed by atoms with Crippen molar-refractivity contribution in [2.45, 2.75) is 39.5 Å². The molecular formula is C21H32N2O2. The van der Waals surface area contributed by atoms with Crippen molar-refractivity contribution in [3.63, 3.8) is 0 Å². The summed E-state index contributed by atoms with van der Waals surface area (Å²) in [5, 5.41) is 7.05. The smallest absolute Gasteiger partial charge is 0.309 e. The van der Waals surface area contributed by atoms with Crippen molar-refractivity contribution in [1.82, 2.24) is 5.32 Å². The maximum Gasteiger partial charge on any atom is 0.309 e. The number of aryl methyl sites for hydroxylation is 1. The number of anilines is 1. The molecule has 1 aromatic rings. The molecule has 25 heavy (non-hydrogen) atoms. The Balaban J connectivity index is 1.66. The Morgan fingerprint density at radius 1 is 1.36 bits per heavy atom. The summed E-state index contributed by atoms with van der Waals surface area (Å²) in [6.07, 6.45) is 4.60. The molecule has 2 aliphatic rings. The first-order chi connectivity index (χ1) is 12.1. The van der Waals surface area contributed by atoms with Crippen LogP contribution in [-0.2, 0) is 9.53 Å². The van der Waals surface area contributed by atoms with Gasteiger partial charge in [-0.1, -0.05) is 25.1 Å². The molecule has 3 atom stereocenters. The molecule has 1 unspecified atom stereocenters. The van der Waals surface area contributed by atoms with Gasteiger partial charge >= 0.3 is 5.97 Å². The predicted octanol–water partition coefficient (Wildman–Crippen LogP) is 3.61. The van der Waals surface area contributed by atoms with Crippen molar-refractivity contribution in [3.05, 3.63) is 29.8 Å². The van der Waals surface area contributed by atoms with Crippen LogP contribution < -0.4 is 10.6 Å². The lowest BCUT2D eigenvalue weighted by atomic mass is 9.77. The van der Waals surface area contributed by atoms with E-state index >= 15 is 0 Å². The van der Waals surface area contributed by atoms with E-state index in [1.165, 1.54) is 31.2 Å². The first-order valence-corrected chi connectivity index (χ1v) is 9.65. The summed E-state index contributed by atoms with van der Waals surface area (Å²) in [4.78, 5) is 12.2. The summed E-state index contributed by atoms with van der Waals surface area (Å²) >= 11 is 0. The lowest BCUT2D eigenvalue weighted by molar-refractivity contribution is -0.143. The topological polar surface area (TPSA) is 50.4 Å². The van der Waals surface area contributed by atoms with E-state index < -0.39 is 0 Å². The van der Waals surface area contributed by atoms with Crippen LogP contribution in [0.2, 0.25) is 0 Å². The van der Waals surface area contributed by atoms with E-state index in [9.17, 15) is 4.79 Å². The van der Waals surface area contributed by atoms with E-state index in [4.69, 9.17) is 4.74 Å². The normalized spacial score (nSPS) is 27.6. The van der Waals surface area contributed by atoms with Gasteiger partial charge in [0.2, 0.25) is 0 Å². The highest BCUT2D eigenvalue weighted by molar-refractivity contribution is 5.77. The molecule has 1 heterocycles. The van der Waals surface area contributed by atoms with Gasteiger partial charge in [0.25, 0.3) is 0 Å². The number of para-hydroxylation sites is 1. The summed E-state index contributed by atoms with van der Waals surface area (Å²) in [5.41, 5.74) is 2.58. The molecule has 3 rings (SSSR count). The van der Waals surface area contributed by atoms with Gasteiger partial charge < -0.3 is 15.4 Å². The molecule has 0 spiro atoms.